The number of hydrogen-bond donors (Lipinski definition) is 0. The zero-order chi connectivity index (χ0) is 9.84. The largest absolute Gasteiger partial charge is 0.496 e. The maximum atomic E-state index is 11.2. The minimum absolute atomic E-state index is 0.00122. The van der Waals surface area contributed by atoms with Gasteiger partial charge in [0.25, 0.3) is 0 Å². The Morgan fingerprint density at radius 3 is 2.77 bits per heavy atom. The lowest BCUT2D eigenvalue weighted by Gasteiger charge is -2.03. The van der Waals surface area contributed by atoms with Crippen molar-refractivity contribution in [3.63, 3.8) is 0 Å². The van der Waals surface area contributed by atoms with E-state index in [1.54, 1.807) is 25.3 Å². The van der Waals surface area contributed by atoms with E-state index in [2.05, 4.69) is 15.9 Å². The molecule has 0 spiro atoms. The number of rotatable bonds is 3. The van der Waals surface area contributed by atoms with Gasteiger partial charge in [-0.05, 0) is 34.1 Å². The summed E-state index contributed by atoms with van der Waals surface area (Å²) < 4.78 is 5.78. The molecule has 70 valence electrons. The van der Waals surface area contributed by atoms with E-state index in [1.165, 1.54) is 0 Å². The van der Waals surface area contributed by atoms with Crippen molar-refractivity contribution in [2.75, 3.05) is 13.0 Å². The number of halogens is 2. The fourth-order valence-electron chi connectivity index (χ4n) is 0.917. The van der Waals surface area contributed by atoms with Gasteiger partial charge in [0.05, 0.1) is 17.5 Å². The topological polar surface area (TPSA) is 26.3 Å². The zero-order valence-corrected chi connectivity index (χ0v) is 9.35. The summed E-state index contributed by atoms with van der Waals surface area (Å²) in [4.78, 5) is 11.2. The lowest BCUT2D eigenvalue weighted by molar-refractivity contribution is 0.102. The smallest absolute Gasteiger partial charge is 0.177 e. The number of Topliss-reactive ketones (excluding diaryl/α,β-unsaturated/α-hetero) is 1. The van der Waals surface area contributed by atoms with Crippen molar-refractivity contribution in [2.45, 2.75) is 0 Å². The molecule has 1 rings (SSSR count). The standard InChI is InChI=1S/C9H8BrClO2/c1-13-9-3-2-6(4-7(9)10)8(12)5-11/h2-4H,5H2,1H3. The van der Waals surface area contributed by atoms with Gasteiger partial charge in [-0.1, -0.05) is 0 Å². The summed E-state index contributed by atoms with van der Waals surface area (Å²) >= 11 is 8.70. The van der Waals surface area contributed by atoms with Gasteiger partial charge in [0.2, 0.25) is 0 Å². The molecular weight excluding hydrogens is 255 g/mol. The second-order valence-electron chi connectivity index (χ2n) is 2.41. The number of ether oxygens (including phenoxy) is 1. The van der Waals surface area contributed by atoms with Gasteiger partial charge < -0.3 is 4.74 Å². The molecule has 0 bridgehead atoms. The fourth-order valence-corrected chi connectivity index (χ4v) is 1.61. The molecule has 0 radical (unpaired) electrons. The Morgan fingerprint density at radius 2 is 2.31 bits per heavy atom. The molecule has 0 saturated heterocycles. The summed E-state index contributed by atoms with van der Waals surface area (Å²) in [5, 5.41) is 0. The van der Waals surface area contributed by atoms with E-state index >= 15 is 0 Å². The van der Waals surface area contributed by atoms with Gasteiger partial charge >= 0.3 is 0 Å². The van der Waals surface area contributed by atoms with Crippen LogP contribution in [0.1, 0.15) is 10.4 Å². The van der Waals surface area contributed by atoms with Crippen LogP contribution in [0.25, 0.3) is 0 Å². The molecule has 0 aliphatic heterocycles. The summed E-state index contributed by atoms with van der Waals surface area (Å²) in [6, 6.07) is 5.11. The number of carbonyl (C=O) groups is 1. The Labute approximate surface area is 90.0 Å². The van der Waals surface area contributed by atoms with E-state index in [-0.39, 0.29) is 11.7 Å². The average Bonchev–Trinajstić information content (AvgIpc) is 2.16. The van der Waals surface area contributed by atoms with Gasteiger partial charge in [-0.15, -0.1) is 11.6 Å². The van der Waals surface area contributed by atoms with E-state index in [1.807, 2.05) is 0 Å². The quantitative estimate of drug-likeness (QED) is 0.619. The van der Waals surface area contributed by atoms with Crippen LogP contribution in [0.5, 0.6) is 5.75 Å². The second-order valence-corrected chi connectivity index (χ2v) is 3.53. The van der Waals surface area contributed by atoms with E-state index in [9.17, 15) is 4.79 Å². The maximum absolute atomic E-state index is 11.2. The van der Waals surface area contributed by atoms with Crippen molar-refractivity contribution < 1.29 is 9.53 Å². The highest BCUT2D eigenvalue weighted by molar-refractivity contribution is 9.10. The summed E-state index contributed by atoms with van der Waals surface area (Å²) in [7, 11) is 1.57. The van der Waals surface area contributed by atoms with Gasteiger partial charge in [0.15, 0.2) is 5.78 Å². The first-order chi connectivity index (χ1) is 6.19. The Kier molecular flexibility index (Phi) is 3.75. The molecule has 1 aromatic carbocycles. The minimum Gasteiger partial charge on any atom is -0.496 e. The Hall–Kier alpha value is -0.540. The number of benzene rings is 1. The first kappa shape index (κ1) is 10.5. The molecule has 4 heteroatoms. The summed E-state index contributed by atoms with van der Waals surface area (Å²) in [5.74, 6) is 0.606. The lowest BCUT2D eigenvalue weighted by Crippen LogP contribution is -2.00. The molecule has 0 aliphatic rings. The van der Waals surface area contributed by atoms with Gasteiger partial charge in [0.1, 0.15) is 5.75 Å². The Bertz CT molecular complexity index is 325. The number of hydrogen-bond acceptors (Lipinski definition) is 2. The second kappa shape index (κ2) is 4.63. The van der Waals surface area contributed by atoms with Gasteiger partial charge in [-0.25, -0.2) is 0 Å². The predicted molar refractivity (Wildman–Crippen MR) is 55.7 cm³/mol. The van der Waals surface area contributed by atoms with E-state index in [4.69, 9.17) is 16.3 Å². The van der Waals surface area contributed by atoms with Crippen LogP contribution in [0, 0.1) is 0 Å². The van der Waals surface area contributed by atoms with Crippen LogP contribution in [-0.2, 0) is 0 Å². The monoisotopic (exact) mass is 262 g/mol. The first-order valence-corrected chi connectivity index (χ1v) is 4.94. The van der Waals surface area contributed by atoms with Gasteiger partial charge in [-0.3, -0.25) is 4.79 Å². The van der Waals surface area contributed by atoms with Crippen LogP contribution in [0.2, 0.25) is 0 Å². The zero-order valence-electron chi connectivity index (χ0n) is 7.01. The SMILES string of the molecule is COc1ccc(C(=O)CCl)cc1Br. The van der Waals surface area contributed by atoms with Crippen molar-refractivity contribution in [3.05, 3.63) is 28.2 Å². The van der Waals surface area contributed by atoms with Gasteiger partial charge in [-0.2, -0.15) is 0 Å². The molecule has 0 unspecified atom stereocenters. The van der Waals surface area contributed by atoms with Crippen molar-refractivity contribution in [1.29, 1.82) is 0 Å². The van der Waals surface area contributed by atoms with Crippen LogP contribution >= 0.6 is 27.5 Å². The molecule has 2 nitrogen and oxygen atoms in total. The molecule has 1 aromatic rings. The maximum Gasteiger partial charge on any atom is 0.177 e. The van der Waals surface area contributed by atoms with Crippen LogP contribution in [-0.4, -0.2) is 18.8 Å². The van der Waals surface area contributed by atoms with E-state index in [0.717, 1.165) is 4.47 Å². The fraction of sp³-hybridized carbons (Fsp3) is 0.222. The third-order valence-corrected chi connectivity index (χ3v) is 2.46. The van der Waals surface area contributed by atoms with Crippen LogP contribution in [0.4, 0.5) is 0 Å². The van der Waals surface area contributed by atoms with E-state index in [0.29, 0.717) is 11.3 Å². The van der Waals surface area contributed by atoms with Gasteiger partial charge in [0, 0.05) is 5.56 Å². The molecule has 0 fully saturated rings. The molecule has 0 aliphatic carbocycles. The first-order valence-electron chi connectivity index (χ1n) is 3.61. The van der Waals surface area contributed by atoms with Crippen molar-refractivity contribution in [2.24, 2.45) is 0 Å². The Balaban J connectivity index is 3.02. The Morgan fingerprint density at radius 1 is 1.62 bits per heavy atom. The number of methoxy groups -OCH3 is 1. The third-order valence-electron chi connectivity index (χ3n) is 1.60. The predicted octanol–water partition coefficient (Wildman–Crippen LogP) is 2.88. The molecular formula is C9H8BrClO2. The molecule has 0 atom stereocenters. The molecule has 0 N–H and O–H groups in total. The van der Waals surface area contributed by atoms with Crippen molar-refractivity contribution in [1.82, 2.24) is 0 Å². The highest BCUT2D eigenvalue weighted by Gasteiger charge is 2.06. The summed E-state index contributed by atoms with van der Waals surface area (Å²) in [6.45, 7) is 0. The van der Waals surface area contributed by atoms with Crippen LogP contribution in [0.3, 0.4) is 0 Å². The molecule has 0 heterocycles. The average molecular weight is 264 g/mol. The number of alkyl halides is 1. The summed E-state index contributed by atoms with van der Waals surface area (Å²) in [5.41, 5.74) is 0.586. The molecule has 13 heavy (non-hydrogen) atoms. The number of ketones is 1. The van der Waals surface area contributed by atoms with E-state index < -0.39 is 0 Å². The molecule has 0 aromatic heterocycles. The number of carbonyl (C=O) groups excluding carboxylic acids is 1. The molecule has 0 saturated carbocycles. The minimum atomic E-state index is -0.0926. The highest BCUT2D eigenvalue weighted by Crippen LogP contribution is 2.25. The van der Waals surface area contributed by atoms with Crippen molar-refractivity contribution >= 4 is 33.3 Å². The normalized spacial score (nSPS) is 9.77. The lowest BCUT2D eigenvalue weighted by atomic mass is 10.1. The van der Waals surface area contributed by atoms with Crippen molar-refractivity contribution in [3.8, 4) is 5.75 Å². The van der Waals surface area contributed by atoms with Crippen LogP contribution < -0.4 is 4.74 Å². The molecule has 0 amide bonds. The van der Waals surface area contributed by atoms with Crippen LogP contribution in [0.15, 0.2) is 22.7 Å². The third kappa shape index (κ3) is 2.45. The summed E-state index contributed by atoms with van der Waals surface area (Å²) in [6.07, 6.45) is 0. The highest BCUT2D eigenvalue weighted by atomic mass is 79.9.